The van der Waals surface area contributed by atoms with E-state index in [1.807, 2.05) is 6.92 Å². The zero-order valence-electron chi connectivity index (χ0n) is 12.8. The van der Waals surface area contributed by atoms with Crippen LogP contribution in [0.4, 0.5) is 16.2 Å². The molecular formula is C14H15BrN6O3. The maximum atomic E-state index is 12.1. The van der Waals surface area contributed by atoms with Crippen LogP contribution in [0.15, 0.2) is 16.6 Å². The second-order valence-electron chi connectivity index (χ2n) is 5.02. The largest absolute Gasteiger partial charge is 0.481 e. The minimum Gasteiger partial charge on any atom is -0.481 e. The van der Waals surface area contributed by atoms with Crippen molar-refractivity contribution in [2.75, 3.05) is 17.2 Å². The van der Waals surface area contributed by atoms with Crippen molar-refractivity contribution in [1.82, 2.24) is 20.5 Å². The number of hydrogen-bond donors (Lipinski definition) is 4. The first-order valence-electron chi connectivity index (χ1n) is 7.26. The Morgan fingerprint density at radius 1 is 1.46 bits per heavy atom. The lowest BCUT2D eigenvalue weighted by Crippen LogP contribution is -2.31. The molecular weight excluding hydrogens is 380 g/mol. The number of nitrogens with one attached hydrogen (secondary N) is 4. The molecule has 2 heterocycles. The van der Waals surface area contributed by atoms with E-state index < -0.39 is 6.03 Å². The highest BCUT2D eigenvalue weighted by molar-refractivity contribution is 9.10. The zero-order valence-corrected chi connectivity index (χ0v) is 14.4. The second kappa shape index (κ2) is 6.87. The predicted octanol–water partition coefficient (Wildman–Crippen LogP) is 1.78. The molecule has 0 radical (unpaired) electrons. The molecule has 24 heavy (non-hydrogen) atoms. The molecule has 126 valence electrons. The number of ether oxygens (including phenoxy) is 1. The van der Waals surface area contributed by atoms with Gasteiger partial charge in [-0.2, -0.15) is 5.10 Å². The number of halogens is 1. The Kier molecular flexibility index (Phi) is 4.65. The summed E-state index contributed by atoms with van der Waals surface area (Å²) in [5.41, 5.74) is 0.856. The number of amides is 3. The van der Waals surface area contributed by atoms with Crippen LogP contribution in [-0.4, -0.2) is 33.7 Å². The molecule has 1 aromatic heterocycles. The van der Waals surface area contributed by atoms with Crippen molar-refractivity contribution < 1.29 is 14.3 Å². The molecule has 0 aliphatic carbocycles. The number of benzene rings is 1. The van der Waals surface area contributed by atoms with Crippen LogP contribution in [-0.2, 0) is 17.8 Å². The fourth-order valence-electron chi connectivity index (χ4n) is 2.14. The van der Waals surface area contributed by atoms with Gasteiger partial charge in [0.25, 0.3) is 5.91 Å². The molecule has 1 aliphatic rings. The van der Waals surface area contributed by atoms with Crippen LogP contribution in [0.1, 0.15) is 18.6 Å². The highest BCUT2D eigenvalue weighted by atomic mass is 79.9. The Morgan fingerprint density at radius 3 is 3.04 bits per heavy atom. The number of fused-ring (bicyclic) bond motifs is 1. The van der Waals surface area contributed by atoms with Crippen LogP contribution in [0.25, 0.3) is 0 Å². The number of rotatable bonds is 4. The van der Waals surface area contributed by atoms with E-state index in [4.69, 9.17) is 4.74 Å². The van der Waals surface area contributed by atoms with Gasteiger partial charge in [-0.15, -0.1) is 0 Å². The summed E-state index contributed by atoms with van der Waals surface area (Å²) in [6.45, 7) is 2.10. The van der Waals surface area contributed by atoms with E-state index in [2.05, 4.69) is 47.1 Å². The normalized spacial score (nSPS) is 12.8. The fourth-order valence-corrected chi connectivity index (χ4v) is 2.58. The number of hydrogen-bond acceptors (Lipinski definition) is 5. The third kappa shape index (κ3) is 3.65. The van der Waals surface area contributed by atoms with E-state index in [0.29, 0.717) is 35.2 Å². The van der Waals surface area contributed by atoms with Gasteiger partial charge in [0.05, 0.1) is 12.2 Å². The maximum Gasteiger partial charge on any atom is 0.319 e. The lowest BCUT2D eigenvalue weighted by atomic mass is 10.2. The van der Waals surface area contributed by atoms with Gasteiger partial charge in [-0.1, -0.05) is 22.9 Å². The van der Waals surface area contributed by atoms with E-state index >= 15 is 0 Å². The van der Waals surface area contributed by atoms with Gasteiger partial charge in [-0.25, -0.2) is 9.78 Å². The van der Waals surface area contributed by atoms with Crippen molar-refractivity contribution in [3.05, 3.63) is 28.3 Å². The van der Waals surface area contributed by atoms with Crippen LogP contribution >= 0.6 is 15.9 Å². The molecule has 3 rings (SSSR count). The Bertz CT molecular complexity index is 791. The Morgan fingerprint density at radius 2 is 2.29 bits per heavy atom. The molecule has 0 unspecified atom stereocenters. The summed E-state index contributed by atoms with van der Waals surface area (Å²) in [7, 11) is 0. The summed E-state index contributed by atoms with van der Waals surface area (Å²) in [6.07, 6.45) is 0.715. The first-order chi connectivity index (χ1) is 11.5. The maximum absolute atomic E-state index is 12.1. The molecule has 10 heteroatoms. The van der Waals surface area contributed by atoms with E-state index in [1.165, 1.54) is 0 Å². The molecule has 0 spiro atoms. The summed E-state index contributed by atoms with van der Waals surface area (Å²) in [5.74, 6) is 1.46. The first-order valence-corrected chi connectivity index (χ1v) is 8.05. The fraction of sp³-hybridized carbons (Fsp3) is 0.286. The molecule has 1 aliphatic heterocycles. The van der Waals surface area contributed by atoms with E-state index in [0.717, 1.165) is 4.47 Å². The molecule has 1 aromatic carbocycles. The Hall–Kier alpha value is -2.62. The van der Waals surface area contributed by atoms with Gasteiger partial charge in [-0.05, 0) is 12.1 Å². The lowest BCUT2D eigenvalue weighted by molar-refractivity contribution is -0.118. The van der Waals surface area contributed by atoms with Crippen LogP contribution < -0.4 is 20.7 Å². The van der Waals surface area contributed by atoms with Gasteiger partial charge in [0, 0.05) is 10.9 Å². The van der Waals surface area contributed by atoms with Gasteiger partial charge < -0.3 is 20.7 Å². The molecule has 0 atom stereocenters. The quantitative estimate of drug-likeness (QED) is 0.629. The topological polar surface area (TPSA) is 121 Å². The van der Waals surface area contributed by atoms with E-state index in [9.17, 15) is 9.59 Å². The summed E-state index contributed by atoms with van der Waals surface area (Å²) in [5, 5.41) is 14.8. The summed E-state index contributed by atoms with van der Waals surface area (Å²) >= 11 is 3.34. The third-order valence-corrected chi connectivity index (χ3v) is 3.71. The van der Waals surface area contributed by atoms with Crippen molar-refractivity contribution in [2.24, 2.45) is 0 Å². The summed E-state index contributed by atoms with van der Waals surface area (Å²) in [4.78, 5) is 27.8. The van der Waals surface area contributed by atoms with Gasteiger partial charge in [0.2, 0.25) is 0 Å². The number of aromatic nitrogens is 3. The monoisotopic (exact) mass is 394 g/mol. The summed E-state index contributed by atoms with van der Waals surface area (Å²) in [6, 6.07) is 2.96. The van der Waals surface area contributed by atoms with Crippen molar-refractivity contribution >= 4 is 39.2 Å². The average molecular weight is 395 g/mol. The first kappa shape index (κ1) is 16.2. The van der Waals surface area contributed by atoms with E-state index in [1.54, 1.807) is 12.1 Å². The molecule has 9 nitrogen and oxygen atoms in total. The van der Waals surface area contributed by atoms with Crippen molar-refractivity contribution in [2.45, 2.75) is 19.9 Å². The van der Waals surface area contributed by atoms with Crippen molar-refractivity contribution in [3.63, 3.8) is 0 Å². The molecule has 0 fully saturated rings. The number of anilines is 2. The predicted molar refractivity (Wildman–Crippen MR) is 89.9 cm³/mol. The minimum absolute atomic E-state index is 0.0552. The number of urea groups is 1. The van der Waals surface area contributed by atoms with Crippen LogP contribution in [0.2, 0.25) is 0 Å². The minimum atomic E-state index is -0.440. The average Bonchev–Trinajstić information content (AvgIpc) is 3.02. The van der Waals surface area contributed by atoms with Crippen LogP contribution in [0.5, 0.6) is 5.75 Å². The molecule has 0 bridgehead atoms. The number of carbonyl (C=O) groups excluding carboxylic acids is 2. The van der Waals surface area contributed by atoms with Gasteiger partial charge in [0.15, 0.2) is 12.4 Å². The third-order valence-electron chi connectivity index (χ3n) is 3.25. The summed E-state index contributed by atoms with van der Waals surface area (Å²) < 4.78 is 6.06. The van der Waals surface area contributed by atoms with Gasteiger partial charge >= 0.3 is 6.03 Å². The number of nitrogens with zero attached hydrogens (tertiary/aromatic N) is 2. The molecule has 0 saturated heterocycles. The number of H-pyrrole nitrogens is 1. The van der Waals surface area contributed by atoms with Crippen LogP contribution in [0, 0.1) is 0 Å². The standard InChI is InChI=1S/C14H15BrN6O3/c1-2-10-18-11(21-20-10)5-16-14(23)17-8-3-7(15)4-9-13(8)19-12(22)6-24-9/h3-4H,2,5-6H2,1H3,(H,19,22)(H2,16,17,23)(H,18,20,21). The Labute approximate surface area is 145 Å². The van der Waals surface area contributed by atoms with Crippen molar-refractivity contribution in [3.8, 4) is 5.75 Å². The van der Waals surface area contributed by atoms with Gasteiger partial charge in [-0.3, -0.25) is 9.89 Å². The highest BCUT2D eigenvalue weighted by Crippen LogP contribution is 2.38. The van der Waals surface area contributed by atoms with Gasteiger partial charge in [0.1, 0.15) is 17.3 Å². The van der Waals surface area contributed by atoms with E-state index in [-0.39, 0.29) is 19.1 Å². The molecule has 4 N–H and O–H groups in total. The lowest BCUT2D eigenvalue weighted by Gasteiger charge is -2.21. The smallest absolute Gasteiger partial charge is 0.319 e. The second-order valence-corrected chi connectivity index (χ2v) is 5.94. The van der Waals surface area contributed by atoms with Crippen molar-refractivity contribution in [1.29, 1.82) is 0 Å². The number of aryl methyl sites for hydroxylation is 1. The zero-order chi connectivity index (χ0) is 17.1. The molecule has 2 aromatic rings. The molecule has 3 amide bonds. The van der Waals surface area contributed by atoms with Crippen LogP contribution in [0.3, 0.4) is 0 Å². The SMILES string of the molecule is CCc1n[nH]c(CNC(=O)Nc2cc(Br)cc3c2NC(=O)CO3)n1. The molecule has 0 saturated carbocycles. The number of aromatic amines is 1. The number of carbonyl (C=O) groups is 2. The highest BCUT2D eigenvalue weighted by Gasteiger charge is 2.21. The Balaban J connectivity index is 1.68.